The van der Waals surface area contributed by atoms with Crippen molar-refractivity contribution in [2.75, 3.05) is 39.0 Å². The van der Waals surface area contributed by atoms with Crippen molar-refractivity contribution in [3.63, 3.8) is 0 Å². The minimum absolute atomic E-state index is 0.143. The fraction of sp³-hybridized carbons (Fsp3) is 0.344. The van der Waals surface area contributed by atoms with Gasteiger partial charge in [0.05, 0.1) is 0 Å². The van der Waals surface area contributed by atoms with Gasteiger partial charge in [0.15, 0.2) is 0 Å². The van der Waals surface area contributed by atoms with E-state index >= 15 is 0 Å². The number of para-hydroxylation sites is 1. The molecule has 42 heavy (non-hydrogen) atoms. The van der Waals surface area contributed by atoms with Gasteiger partial charge >= 0.3 is 6.18 Å². The summed E-state index contributed by atoms with van der Waals surface area (Å²) in [6, 6.07) is 16.6. The molecule has 4 aromatic rings. The zero-order chi connectivity index (χ0) is 30.1. The van der Waals surface area contributed by atoms with Crippen molar-refractivity contribution in [3.8, 4) is 0 Å². The minimum atomic E-state index is -5.05. The average Bonchev–Trinajstić information content (AvgIpc) is 3.59. The van der Waals surface area contributed by atoms with Gasteiger partial charge < -0.3 is 30.2 Å². The van der Waals surface area contributed by atoms with Crippen molar-refractivity contribution >= 4 is 28.5 Å². The van der Waals surface area contributed by atoms with Crippen LogP contribution in [0.15, 0.2) is 72.9 Å². The summed E-state index contributed by atoms with van der Waals surface area (Å²) in [4.78, 5) is 4.60. The normalized spacial score (nSPS) is 17.6. The Balaban J connectivity index is 1.47. The standard InChI is InChI=1S/C32H35F4N5O/c1-39(2)26-14-17-40(20-26)15-5-16-41-21-28(27-6-3-4-7-30(27)41)31(42,32(34,35)36)23-8-13-29(22(18-23)19-37)38-25-11-9-24(33)10-12-25/h3-4,6-13,18-19,21,26,37-38,42H,5,14-17,20H2,1-2H3/t26-,31?/m1/s1. The largest absolute Gasteiger partial charge is 0.425 e. The van der Waals surface area contributed by atoms with E-state index in [0.29, 0.717) is 34.9 Å². The molecule has 0 bridgehead atoms. The number of hydrogen-bond donors (Lipinski definition) is 3. The zero-order valence-electron chi connectivity index (χ0n) is 23.6. The number of likely N-dealkylation sites (tertiary alicyclic amines) is 1. The van der Waals surface area contributed by atoms with E-state index in [2.05, 4.69) is 29.2 Å². The van der Waals surface area contributed by atoms with Crippen LogP contribution in [0.5, 0.6) is 0 Å². The Morgan fingerprint density at radius 1 is 1.05 bits per heavy atom. The first-order valence-corrected chi connectivity index (χ1v) is 13.9. The first kappa shape index (κ1) is 29.8. The lowest BCUT2D eigenvalue weighted by molar-refractivity contribution is -0.247. The number of nitrogens with zero attached hydrogens (tertiary/aromatic N) is 3. The number of fused-ring (bicyclic) bond motifs is 1. The van der Waals surface area contributed by atoms with Crippen molar-refractivity contribution in [1.82, 2.24) is 14.4 Å². The molecule has 3 aromatic carbocycles. The van der Waals surface area contributed by atoms with E-state index < -0.39 is 23.2 Å². The molecular weight excluding hydrogens is 546 g/mol. The molecule has 2 heterocycles. The molecular formula is C32H35F4N5O. The summed E-state index contributed by atoms with van der Waals surface area (Å²) in [5.41, 5.74) is -2.35. The molecule has 10 heteroatoms. The summed E-state index contributed by atoms with van der Waals surface area (Å²) in [5, 5.41) is 22.8. The van der Waals surface area contributed by atoms with Gasteiger partial charge in [-0.25, -0.2) is 4.39 Å². The maximum absolute atomic E-state index is 14.9. The molecule has 1 fully saturated rings. The van der Waals surface area contributed by atoms with Gasteiger partial charge in [0.1, 0.15) is 5.82 Å². The van der Waals surface area contributed by atoms with E-state index in [9.17, 15) is 22.7 Å². The summed E-state index contributed by atoms with van der Waals surface area (Å²) in [6.07, 6.45) is -0.860. The van der Waals surface area contributed by atoms with Crippen LogP contribution in [-0.4, -0.2) is 71.6 Å². The lowest BCUT2D eigenvalue weighted by Gasteiger charge is -2.31. The minimum Gasteiger partial charge on any atom is -0.372 e. The molecule has 1 aliphatic rings. The van der Waals surface area contributed by atoms with Crippen LogP contribution < -0.4 is 5.32 Å². The third-order valence-corrected chi connectivity index (χ3v) is 8.19. The Bertz CT molecular complexity index is 1550. The summed E-state index contributed by atoms with van der Waals surface area (Å²) in [7, 11) is 4.15. The van der Waals surface area contributed by atoms with Crippen LogP contribution in [0.2, 0.25) is 0 Å². The highest BCUT2D eigenvalue weighted by molar-refractivity contribution is 5.89. The highest BCUT2D eigenvalue weighted by Crippen LogP contribution is 2.47. The molecule has 0 spiro atoms. The highest BCUT2D eigenvalue weighted by atomic mass is 19.4. The van der Waals surface area contributed by atoms with E-state index in [4.69, 9.17) is 5.41 Å². The predicted octanol–water partition coefficient (Wildman–Crippen LogP) is 6.35. The van der Waals surface area contributed by atoms with Crippen LogP contribution in [0.4, 0.5) is 28.9 Å². The topological polar surface area (TPSA) is 67.5 Å². The number of aryl methyl sites for hydroxylation is 1. The molecule has 1 saturated heterocycles. The number of nitrogens with one attached hydrogen (secondary N) is 2. The lowest BCUT2D eigenvalue weighted by atomic mass is 9.84. The number of anilines is 2. The van der Waals surface area contributed by atoms with E-state index in [0.717, 1.165) is 38.7 Å². The maximum Gasteiger partial charge on any atom is 0.425 e. The number of aliphatic hydroxyl groups is 1. The highest BCUT2D eigenvalue weighted by Gasteiger charge is 2.57. The molecule has 0 amide bonds. The van der Waals surface area contributed by atoms with Crippen molar-refractivity contribution < 1.29 is 22.7 Å². The fourth-order valence-electron chi connectivity index (χ4n) is 5.80. The second kappa shape index (κ2) is 11.9. The van der Waals surface area contributed by atoms with Gasteiger partial charge in [0.2, 0.25) is 5.60 Å². The number of benzene rings is 3. The molecule has 6 nitrogen and oxygen atoms in total. The maximum atomic E-state index is 14.9. The first-order chi connectivity index (χ1) is 20.0. The van der Waals surface area contributed by atoms with Gasteiger partial charge in [-0.3, -0.25) is 0 Å². The van der Waals surface area contributed by atoms with Gasteiger partial charge in [-0.1, -0.05) is 24.3 Å². The smallest absolute Gasteiger partial charge is 0.372 e. The third-order valence-electron chi connectivity index (χ3n) is 8.19. The fourth-order valence-corrected chi connectivity index (χ4v) is 5.80. The molecule has 222 valence electrons. The van der Waals surface area contributed by atoms with Crippen molar-refractivity contribution in [2.24, 2.45) is 0 Å². The van der Waals surface area contributed by atoms with Crippen LogP contribution in [-0.2, 0) is 12.1 Å². The van der Waals surface area contributed by atoms with Gasteiger partial charge in [-0.2, -0.15) is 13.2 Å². The van der Waals surface area contributed by atoms with Gasteiger partial charge in [-0.05, 0) is 88.1 Å². The summed E-state index contributed by atoms with van der Waals surface area (Å²) in [5.74, 6) is -0.424. The molecule has 1 aromatic heterocycles. The molecule has 3 N–H and O–H groups in total. The van der Waals surface area contributed by atoms with E-state index in [1.54, 1.807) is 28.8 Å². The van der Waals surface area contributed by atoms with Gasteiger partial charge in [0, 0.05) is 64.9 Å². The van der Waals surface area contributed by atoms with E-state index in [-0.39, 0.29) is 11.1 Å². The second-order valence-electron chi connectivity index (χ2n) is 11.1. The van der Waals surface area contributed by atoms with Crippen molar-refractivity contribution in [2.45, 2.75) is 37.2 Å². The van der Waals surface area contributed by atoms with E-state index in [1.807, 2.05) is 0 Å². The Morgan fingerprint density at radius 3 is 2.45 bits per heavy atom. The van der Waals surface area contributed by atoms with E-state index in [1.165, 1.54) is 48.7 Å². The monoisotopic (exact) mass is 581 g/mol. The number of hydrogen-bond acceptors (Lipinski definition) is 5. The van der Waals surface area contributed by atoms with Gasteiger partial charge in [-0.15, -0.1) is 0 Å². The van der Waals surface area contributed by atoms with Crippen LogP contribution in [0.1, 0.15) is 29.5 Å². The second-order valence-corrected chi connectivity index (χ2v) is 11.1. The molecule has 5 rings (SSSR count). The number of aromatic nitrogens is 1. The van der Waals surface area contributed by atoms with Crippen molar-refractivity contribution in [1.29, 1.82) is 5.41 Å². The van der Waals surface area contributed by atoms with Crippen LogP contribution in [0, 0.1) is 11.2 Å². The summed E-state index contributed by atoms with van der Waals surface area (Å²) < 4.78 is 59.9. The molecule has 0 aliphatic carbocycles. The summed E-state index contributed by atoms with van der Waals surface area (Å²) in [6.45, 7) is 3.31. The SMILES string of the molecule is CN(C)[C@@H]1CCN(CCCn2cc(C(O)(c3ccc(Nc4ccc(F)cc4)c(C=N)c3)C(F)(F)F)c3ccccc32)C1. The molecule has 0 radical (unpaired) electrons. The number of likely N-dealkylation sites (N-methyl/N-ethyl adjacent to an activating group) is 1. The number of alkyl halides is 3. The van der Waals surface area contributed by atoms with Gasteiger partial charge in [0.25, 0.3) is 0 Å². The molecule has 0 saturated carbocycles. The Morgan fingerprint density at radius 2 is 1.79 bits per heavy atom. The Labute approximate surface area is 242 Å². The van der Waals surface area contributed by atoms with Crippen molar-refractivity contribution in [3.05, 3.63) is 95.4 Å². The molecule has 1 unspecified atom stereocenters. The first-order valence-electron chi connectivity index (χ1n) is 13.9. The lowest BCUT2D eigenvalue weighted by Crippen LogP contribution is -2.43. The Hall–Kier alpha value is -3.73. The average molecular weight is 582 g/mol. The summed E-state index contributed by atoms with van der Waals surface area (Å²) >= 11 is 0. The number of halogens is 4. The number of rotatable bonds is 10. The zero-order valence-corrected chi connectivity index (χ0v) is 23.6. The van der Waals surface area contributed by atoms with Crippen LogP contribution in [0.3, 0.4) is 0 Å². The quantitative estimate of drug-likeness (QED) is 0.151. The molecule has 2 atom stereocenters. The molecule has 1 aliphatic heterocycles. The third kappa shape index (κ3) is 5.79. The Kier molecular flexibility index (Phi) is 8.41. The predicted molar refractivity (Wildman–Crippen MR) is 158 cm³/mol. The van der Waals surface area contributed by atoms with Crippen LogP contribution >= 0.6 is 0 Å². The van der Waals surface area contributed by atoms with Crippen LogP contribution in [0.25, 0.3) is 10.9 Å².